The second-order valence-electron chi connectivity index (χ2n) is 15.7. The third-order valence-corrected chi connectivity index (χ3v) is 14.8. The lowest BCUT2D eigenvalue weighted by atomic mass is 9.35. The quantitative estimate of drug-likeness (QED) is 0.206. The van der Waals surface area contributed by atoms with E-state index in [1.165, 1.54) is 37.7 Å². The van der Waals surface area contributed by atoms with Gasteiger partial charge in [-0.2, -0.15) is 0 Å². The van der Waals surface area contributed by atoms with Gasteiger partial charge in [0.05, 0.1) is 24.9 Å². The fraction of sp³-hybridized carbons (Fsp3) is 0.941. The van der Waals surface area contributed by atoms with E-state index in [2.05, 4.69) is 61.5 Å². The third-order valence-electron chi connectivity index (χ3n) is 13.2. The molecule has 0 radical (unpaired) electrons. The van der Waals surface area contributed by atoms with Gasteiger partial charge >= 0.3 is 7.82 Å². The van der Waals surface area contributed by atoms with E-state index in [1.807, 2.05) is 13.8 Å². The van der Waals surface area contributed by atoms with Crippen LogP contribution in [0.4, 0.5) is 0 Å². The Labute approximate surface area is 246 Å². The first-order valence-electron chi connectivity index (χ1n) is 16.4. The van der Waals surface area contributed by atoms with Gasteiger partial charge in [0.2, 0.25) is 0 Å². The smallest absolute Gasteiger partial charge is 0.390 e. The molecule has 0 saturated heterocycles. The highest BCUT2D eigenvalue weighted by Crippen LogP contribution is 2.76. The number of fused-ring (bicyclic) bond motifs is 5. The topological polar surface area (TPSA) is 65.0 Å². The van der Waals surface area contributed by atoms with Crippen LogP contribution in [-0.2, 0) is 18.1 Å². The number of rotatable bonds is 10. The number of hydrogen-bond donors (Lipinski definition) is 1. The molecule has 0 bridgehead atoms. The van der Waals surface area contributed by atoms with Gasteiger partial charge in [0, 0.05) is 0 Å². The number of phosphoric ester groups is 1. The van der Waals surface area contributed by atoms with Crippen molar-refractivity contribution >= 4 is 7.82 Å². The van der Waals surface area contributed by atoms with Gasteiger partial charge in [-0.05, 0) is 144 Å². The molecule has 0 unspecified atom stereocenters. The van der Waals surface area contributed by atoms with Crippen molar-refractivity contribution in [3.63, 3.8) is 0 Å². The Hall–Kier alpha value is -0.190. The lowest BCUT2D eigenvalue weighted by Crippen LogP contribution is -2.64. The highest BCUT2D eigenvalue weighted by Gasteiger charge is 2.69. The number of aliphatic hydroxyl groups is 1. The first-order valence-corrected chi connectivity index (χ1v) is 17.9. The second kappa shape index (κ2) is 11.4. The van der Waals surface area contributed by atoms with E-state index in [0.717, 1.165) is 32.1 Å². The Morgan fingerprint density at radius 3 is 2.12 bits per heavy atom. The van der Waals surface area contributed by atoms with E-state index < -0.39 is 13.4 Å². The molecule has 4 fully saturated rings. The average Bonchev–Trinajstić information content (AvgIpc) is 3.20. The van der Waals surface area contributed by atoms with Gasteiger partial charge in [0.25, 0.3) is 0 Å². The molecule has 6 heteroatoms. The maximum absolute atomic E-state index is 13.4. The molecule has 0 heterocycles. The van der Waals surface area contributed by atoms with Crippen molar-refractivity contribution in [2.45, 2.75) is 145 Å². The minimum absolute atomic E-state index is 0.122. The van der Waals surface area contributed by atoms with E-state index in [9.17, 15) is 9.67 Å². The number of allylic oxidation sites excluding steroid dienone is 2. The summed E-state index contributed by atoms with van der Waals surface area (Å²) in [5.41, 5.74) is 1.35. The van der Waals surface area contributed by atoms with Gasteiger partial charge in [-0.1, -0.05) is 46.3 Å². The van der Waals surface area contributed by atoms with Crippen LogP contribution >= 0.6 is 7.82 Å². The van der Waals surface area contributed by atoms with E-state index in [1.54, 1.807) is 0 Å². The van der Waals surface area contributed by atoms with Crippen LogP contribution in [0.5, 0.6) is 0 Å². The Bertz CT molecular complexity index is 975. The van der Waals surface area contributed by atoms with Gasteiger partial charge in [0.1, 0.15) is 0 Å². The van der Waals surface area contributed by atoms with Crippen LogP contribution in [0, 0.1) is 45.3 Å². The molecule has 40 heavy (non-hydrogen) atoms. The molecule has 4 rings (SSSR count). The van der Waals surface area contributed by atoms with E-state index >= 15 is 0 Å². The van der Waals surface area contributed by atoms with E-state index in [0.29, 0.717) is 36.9 Å². The van der Waals surface area contributed by atoms with Gasteiger partial charge < -0.3 is 5.11 Å². The Morgan fingerprint density at radius 2 is 1.52 bits per heavy atom. The molecule has 0 aromatic carbocycles. The minimum atomic E-state index is -3.57. The zero-order valence-electron chi connectivity index (χ0n) is 27.5. The van der Waals surface area contributed by atoms with Crippen LogP contribution in [0.1, 0.15) is 133 Å². The molecule has 0 aromatic heterocycles. The van der Waals surface area contributed by atoms with Crippen molar-refractivity contribution in [2.24, 2.45) is 45.3 Å². The van der Waals surface area contributed by atoms with E-state index in [4.69, 9.17) is 13.6 Å². The van der Waals surface area contributed by atoms with Crippen LogP contribution in [0.25, 0.3) is 0 Å². The Balaban J connectivity index is 1.57. The van der Waals surface area contributed by atoms with Crippen molar-refractivity contribution in [3.8, 4) is 0 Å². The normalized spacial score (nSPS) is 42.3. The summed E-state index contributed by atoms with van der Waals surface area (Å²) in [5, 5.41) is 11.8. The van der Waals surface area contributed by atoms with Crippen LogP contribution in [0.15, 0.2) is 11.6 Å². The second-order valence-corrected chi connectivity index (χ2v) is 17.3. The van der Waals surface area contributed by atoms with Crippen LogP contribution in [-0.4, -0.2) is 30.0 Å². The standard InChI is InChI=1S/C34H61O5P/c1-11-37-40(36,38-12-2)39-29-19-21-31(7)27(30(29,5)6)18-23-33(9)28(31)16-15-25-26(17-22-32(25,33)8)34(10,35)20-13-14-24(3)4/h14,25-29,35H,11-13,15-23H2,1-10H3/t25-,26+,27+,28-,29+,31+,32-,33-,34-/m1/s1. The molecule has 232 valence electrons. The van der Waals surface area contributed by atoms with Gasteiger partial charge in [0.15, 0.2) is 0 Å². The largest absolute Gasteiger partial charge is 0.475 e. The molecule has 4 aliphatic carbocycles. The lowest BCUT2D eigenvalue weighted by molar-refractivity contribution is -0.223. The molecule has 0 spiro atoms. The minimum Gasteiger partial charge on any atom is -0.390 e. The third kappa shape index (κ3) is 5.36. The SMILES string of the molecule is CCOP(=O)(OCC)O[C@H]1CC[C@]2(C)[C@H]3CC[C@@H]4[C@@H]([C@](C)(O)CCC=C(C)C)CC[C@@]4(C)[C@]3(C)CC[C@H]2C1(C)C. The fourth-order valence-electron chi connectivity index (χ4n) is 11.1. The monoisotopic (exact) mass is 580 g/mol. The van der Waals surface area contributed by atoms with Crippen LogP contribution < -0.4 is 0 Å². The Kier molecular flexibility index (Phi) is 9.31. The zero-order chi connectivity index (χ0) is 29.8. The summed E-state index contributed by atoms with van der Waals surface area (Å²) in [5.74, 6) is 2.13. The average molecular weight is 581 g/mol. The zero-order valence-corrected chi connectivity index (χ0v) is 28.4. The molecule has 0 aromatic rings. The summed E-state index contributed by atoms with van der Waals surface area (Å²) < 4.78 is 30.8. The van der Waals surface area contributed by atoms with Gasteiger partial charge in [-0.3, -0.25) is 13.6 Å². The number of hydrogen-bond acceptors (Lipinski definition) is 5. The number of phosphoric acid groups is 1. The highest BCUT2D eigenvalue weighted by molar-refractivity contribution is 7.48. The molecular weight excluding hydrogens is 519 g/mol. The molecule has 0 aliphatic heterocycles. The summed E-state index contributed by atoms with van der Waals surface area (Å²) >= 11 is 0. The predicted octanol–water partition coefficient (Wildman–Crippen LogP) is 9.74. The summed E-state index contributed by atoms with van der Waals surface area (Å²) in [7, 11) is -3.57. The molecule has 4 saturated carbocycles. The molecule has 5 nitrogen and oxygen atoms in total. The van der Waals surface area contributed by atoms with E-state index in [-0.39, 0.29) is 27.8 Å². The predicted molar refractivity (Wildman–Crippen MR) is 164 cm³/mol. The lowest BCUT2D eigenvalue weighted by Gasteiger charge is -2.70. The van der Waals surface area contributed by atoms with Crippen molar-refractivity contribution in [1.29, 1.82) is 0 Å². The summed E-state index contributed by atoms with van der Waals surface area (Å²) in [6.45, 7) is 23.2. The maximum Gasteiger partial charge on any atom is 0.475 e. The van der Waals surface area contributed by atoms with Crippen molar-refractivity contribution < 1.29 is 23.2 Å². The van der Waals surface area contributed by atoms with Crippen molar-refractivity contribution in [2.75, 3.05) is 13.2 Å². The van der Waals surface area contributed by atoms with Crippen LogP contribution in [0.2, 0.25) is 0 Å². The van der Waals surface area contributed by atoms with Gasteiger partial charge in [-0.25, -0.2) is 4.57 Å². The van der Waals surface area contributed by atoms with Crippen LogP contribution in [0.3, 0.4) is 0 Å². The first kappa shape index (κ1) is 32.7. The summed E-state index contributed by atoms with van der Waals surface area (Å²) in [4.78, 5) is 0. The molecule has 1 N–H and O–H groups in total. The van der Waals surface area contributed by atoms with Gasteiger partial charge in [-0.15, -0.1) is 0 Å². The highest BCUT2D eigenvalue weighted by atomic mass is 31.2. The Morgan fingerprint density at radius 1 is 0.900 bits per heavy atom. The molecular formula is C34H61O5P. The maximum atomic E-state index is 13.4. The first-order chi connectivity index (χ1) is 18.5. The molecule has 0 amide bonds. The summed E-state index contributed by atoms with van der Waals surface area (Å²) in [6, 6.07) is 0. The van der Waals surface area contributed by atoms with Crippen molar-refractivity contribution in [3.05, 3.63) is 11.6 Å². The molecule has 4 aliphatic rings. The van der Waals surface area contributed by atoms with Crippen molar-refractivity contribution in [1.82, 2.24) is 0 Å². The summed E-state index contributed by atoms with van der Waals surface area (Å²) in [6.07, 6.45) is 13.2. The molecule has 9 atom stereocenters. The fourth-order valence-corrected chi connectivity index (χ4v) is 12.6.